The van der Waals surface area contributed by atoms with Gasteiger partial charge in [0.1, 0.15) is 0 Å². The van der Waals surface area contributed by atoms with Crippen molar-refractivity contribution in [1.29, 1.82) is 0 Å². The highest BCUT2D eigenvalue weighted by Gasteiger charge is 2.32. The summed E-state index contributed by atoms with van der Waals surface area (Å²) in [7, 11) is 0. The molecule has 3 rings (SSSR count). The number of benzene rings is 1. The van der Waals surface area contributed by atoms with Gasteiger partial charge in [-0.2, -0.15) is 0 Å². The van der Waals surface area contributed by atoms with Crippen molar-refractivity contribution in [3.05, 3.63) is 54.4 Å². The summed E-state index contributed by atoms with van der Waals surface area (Å²) >= 11 is 0. The standard InChI is InChI=1S/C19H23N3O2/c1-2-19(24)9-13-22(14-10-19)18(23)15-3-5-16(6-4-15)21-17-7-11-20-12-8-17/h3-8,11-12,24H,2,9-10,13-14H2,1H3,(H,20,21). The minimum absolute atomic E-state index is 0.0311. The fourth-order valence-electron chi connectivity index (χ4n) is 2.96. The Bertz CT molecular complexity index is 678. The van der Waals surface area contributed by atoms with E-state index in [4.69, 9.17) is 0 Å². The van der Waals surface area contributed by atoms with E-state index in [9.17, 15) is 9.90 Å². The normalized spacial score (nSPS) is 16.7. The van der Waals surface area contributed by atoms with Crippen LogP contribution in [0.1, 0.15) is 36.5 Å². The summed E-state index contributed by atoms with van der Waals surface area (Å²) in [4.78, 5) is 18.4. The fourth-order valence-corrected chi connectivity index (χ4v) is 2.96. The topological polar surface area (TPSA) is 65.5 Å². The van der Waals surface area contributed by atoms with Crippen LogP contribution in [-0.4, -0.2) is 39.6 Å². The summed E-state index contributed by atoms with van der Waals surface area (Å²) < 4.78 is 0. The maximum Gasteiger partial charge on any atom is 0.253 e. The monoisotopic (exact) mass is 325 g/mol. The van der Waals surface area contributed by atoms with Gasteiger partial charge in [0.15, 0.2) is 0 Å². The fraction of sp³-hybridized carbons (Fsp3) is 0.368. The number of piperidine rings is 1. The maximum atomic E-state index is 12.6. The molecule has 24 heavy (non-hydrogen) atoms. The molecule has 2 aromatic rings. The number of anilines is 2. The molecule has 1 amide bonds. The van der Waals surface area contributed by atoms with E-state index in [0.717, 1.165) is 17.8 Å². The number of nitrogens with zero attached hydrogens (tertiary/aromatic N) is 2. The van der Waals surface area contributed by atoms with Crippen LogP contribution in [0.4, 0.5) is 11.4 Å². The molecule has 1 aromatic carbocycles. The van der Waals surface area contributed by atoms with Crippen LogP contribution in [0.3, 0.4) is 0 Å². The molecule has 1 saturated heterocycles. The van der Waals surface area contributed by atoms with Crippen molar-refractivity contribution >= 4 is 17.3 Å². The number of aliphatic hydroxyl groups is 1. The minimum atomic E-state index is -0.602. The Morgan fingerprint density at radius 2 is 1.71 bits per heavy atom. The van der Waals surface area contributed by atoms with Crippen LogP contribution in [-0.2, 0) is 0 Å². The van der Waals surface area contributed by atoms with Crippen molar-refractivity contribution in [2.75, 3.05) is 18.4 Å². The Morgan fingerprint density at radius 1 is 1.12 bits per heavy atom. The first-order valence-corrected chi connectivity index (χ1v) is 8.38. The second-order valence-electron chi connectivity index (χ2n) is 6.31. The lowest BCUT2D eigenvalue weighted by Crippen LogP contribution is -2.46. The quantitative estimate of drug-likeness (QED) is 0.906. The maximum absolute atomic E-state index is 12.6. The molecule has 0 spiro atoms. The Morgan fingerprint density at radius 3 is 2.29 bits per heavy atom. The highest BCUT2D eigenvalue weighted by Crippen LogP contribution is 2.26. The Kier molecular flexibility index (Phi) is 4.81. The zero-order valence-electron chi connectivity index (χ0n) is 13.9. The predicted molar refractivity (Wildman–Crippen MR) is 94.3 cm³/mol. The van der Waals surface area contributed by atoms with Gasteiger partial charge < -0.3 is 15.3 Å². The first kappa shape index (κ1) is 16.5. The van der Waals surface area contributed by atoms with Crippen molar-refractivity contribution in [2.45, 2.75) is 31.8 Å². The number of carbonyl (C=O) groups excluding carboxylic acids is 1. The van der Waals surface area contributed by atoms with Crippen LogP contribution in [0.2, 0.25) is 0 Å². The van der Waals surface area contributed by atoms with E-state index in [1.165, 1.54) is 0 Å². The molecule has 2 heterocycles. The Balaban J connectivity index is 1.62. The number of aromatic nitrogens is 1. The van der Waals surface area contributed by atoms with Gasteiger partial charge in [-0.05, 0) is 55.7 Å². The van der Waals surface area contributed by atoms with Gasteiger partial charge in [0.25, 0.3) is 5.91 Å². The molecule has 1 aromatic heterocycles. The third kappa shape index (κ3) is 3.74. The number of pyridine rings is 1. The average Bonchev–Trinajstić information content (AvgIpc) is 2.63. The second kappa shape index (κ2) is 7.01. The van der Waals surface area contributed by atoms with Gasteiger partial charge in [0.05, 0.1) is 5.60 Å². The minimum Gasteiger partial charge on any atom is -0.390 e. The molecule has 0 saturated carbocycles. The molecule has 126 valence electrons. The number of likely N-dealkylation sites (tertiary alicyclic amines) is 1. The summed E-state index contributed by atoms with van der Waals surface area (Å²) in [6.07, 6.45) is 5.50. The molecule has 5 heteroatoms. The van der Waals surface area contributed by atoms with Crippen LogP contribution in [0.5, 0.6) is 0 Å². The molecule has 0 bridgehead atoms. The molecule has 0 unspecified atom stereocenters. The van der Waals surface area contributed by atoms with E-state index in [-0.39, 0.29) is 5.91 Å². The molecule has 0 aliphatic carbocycles. The van der Waals surface area contributed by atoms with Gasteiger partial charge >= 0.3 is 0 Å². The lowest BCUT2D eigenvalue weighted by molar-refractivity contribution is -0.0193. The number of amides is 1. The molecule has 1 fully saturated rings. The van der Waals surface area contributed by atoms with Crippen molar-refractivity contribution in [1.82, 2.24) is 9.88 Å². The number of carbonyl (C=O) groups is 1. The third-order valence-corrected chi connectivity index (χ3v) is 4.74. The van der Waals surface area contributed by atoms with Crippen molar-refractivity contribution in [2.24, 2.45) is 0 Å². The highest BCUT2D eigenvalue weighted by atomic mass is 16.3. The van der Waals surface area contributed by atoms with E-state index in [1.54, 1.807) is 12.4 Å². The third-order valence-electron chi connectivity index (χ3n) is 4.74. The summed E-state index contributed by atoms with van der Waals surface area (Å²) in [5.41, 5.74) is 1.96. The average molecular weight is 325 g/mol. The summed E-state index contributed by atoms with van der Waals surface area (Å²) in [5, 5.41) is 13.5. The van der Waals surface area contributed by atoms with Crippen molar-refractivity contribution in [3.8, 4) is 0 Å². The lowest BCUT2D eigenvalue weighted by atomic mass is 9.89. The van der Waals surface area contributed by atoms with Crippen molar-refractivity contribution in [3.63, 3.8) is 0 Å². The van der Waals surface area contributed by atoms with Crippen LogP contribution in [0.15, 0.2) is 48.8 Å². The zero-order valence-corrected chi connectivity index (χ0v) is 13.9. The van der Waals surface area contributed by atoms with Crippen LogP contribution in [0.25, 0.3) is 0 Å². The number of nitrogens with one attached hydrogen (secondary N) is 1. The van der Waals surface area contributed by atoms with Gasteiger partial charge in [0, 0.05) is 42.4 Å². The van der Waals surface area contributed by atoms with Gasteiger partial charge in [-0.3, -0.25) is 9.78 Å². The lowest BCUT2D eigenvalue weighted by Gasteiger charge is -2.37. The van der Waals surface area contributed by atoms with Gasteiger partial charge in [0.2, 0.25) is 0 Å². The van der Waals surface area contributed by atoms with Crippen LogP contribution in [0, 0.1) is 0 Å². The van der Waals surface area contributed by atoms with Crippen LogP contribution < -0.4 is 5.32 Å². The highest BCUT2D eigenvalue weighted by molar-refractivity contribution is 5.94. The Labute approximate surface area is 142 Å². The van der Waals surface area contributed by atoms with Gasteiger partial charge in [-0.1, -0.05) is 6.92 Å². The molecule has 1 aliphatic rings. The summed E-state index contributed by atoms with van der Waals surface area (Å²) in [6.45, 7) is 3.21. The first-order chi connectivity index (χ1) is 11.6. The molecule has 5 nitrogen and oxygen atoms in total. The molecular weight excluding hydrogens is 302 g/mol. The molecule has 0 radical (unpaired) electrons. The Hall–Kier alpha value is -2.40. The molecule has 0 atom stereocenters. The number of hydrogen-bond donors (Lipinski definition) is 2. The van der Waals surface area contributed by atoms with E-state index in [2.05, 4.69) is 10.3 Å². The van der Waals surface area contributed by atoms with Crippen molar-refractivity contribution < 1.29 is 9.90 Å². The van der Waals surface area contributed by atoms with Gasteiger partial charge in [-0.25, -0.2) is 0 Å². The SMILES string of the molecule is CCC1(O)CCN(C(=O)c2ccc(Nc3ccncc3)cc2)CC1. The van der Waals surface area contributed by atoms with E-state index in [0.29, 0.717) is 31.5 Å². The summed E-state index contributed by atoms with van der Waals surface area (Å²) in [5.74, 6) is 0.0311. The van der Waals surface area contributed by atoms with Gasteiger partial charge in [-0.15, -0.1) is 0 Å². The predicted octanol–water partition coefficient (Wildman–Crippen LogP) is 3.20. The molecule has 1 aliphatic heterocycles. The van der Waals surface area contributed by atoms with E-state index >= 15 is 0 Å². The first-order valence-electron chi connectivity index (χ1n) is 8.38. The van der Waals surface area contributed by atoms with E-state index in [1.807, 2.05) is 48.2 Å². The zero-order chi connectivity index (χ0) is 17.0. The molecular formula is C19H23N3O2. The second-order valence-corrected chi connectivity index (χ2v) is 6.31. The van der Waals surface area contributed by atoms with Crippen LogP contribution >= 0.6 is 0 Å². The molecule has 2 N–H and O–H groups in total. The summed E-state index contributed by atoms with van der Waals surface area (Å²) in [6, 6.07) is 11.3. The largest absolute Gasteiger partial charge is 0.390 e. The number of hydrogen-bond acceptors (Lipinski definition) is 4. The smallest absolute Gasteiger partial charge is 0.253 e. The van der Waals surface area contributed by atoms with E-state index < -0.39 is 5.60 Å². The number of rotatable bonds is 4.